The first-order valence-corrected chi connectivity index (χ1v) is 7.21. The molecule has 0 saturated carbocycles. The second-order valence-corrected chi connectivity index (χ2v) is 5.29. The quantitative estimate of drug-likeness (QED) is 0.484. The number of aliphatic imine (C=N–C) groups is 1. The van der Waals surface area contributed by atoms with Crippen LogP contribution < -0.4 is 0 Å². The number of benzene rings is 2. The summed E-state index contributed by atoms with van der Waals surface area (Å²) in [6, 6.07) is 10.8. The number of furan rings is 1. The molecule has 1 aromatic heterocycles. The predicted molar refractivity (Wildman–Crippen MR) is 83.9 cm³/mol. The van der Waals surface area contributed by atoms with E-state index in [9.17, 15) is 22.4 Å². The molecule has 2 aromatic carbocycles. The molecule has 0 saturated heterocycles. The minimum Gasteiger partial charge on any atom is -0.451 e. The van der Waals surface area contributed by atoms with Gasteiger partial charge in [-0.15, -0.1) is 0 Å². The van der Waals surface area contributed by atoms with Gasteiger partial charge in [0.05, 0.1) is 11.3 Å². The third kappa shape index (κ3) is 3.31. The van der Waals surface area contributed by atoms with Crippen LogP contribution in [0.5, 0.6) is 0 Å². The number of nitrogens with zero attached hydrogens (tertiary/aromatic N) is 1. The number of alkyl halides is 3. The topological polar surface area (TPSA) is 42.6 Å². The molecule has 0 aliphatic heterocycles. The maximum atomic E-state index is 13.6. The van der Waals surface area contributed by atoms with Crippen LogP contribution in [0, 0.1) is 5.82 Å². The Morgan fingerprint density at radius 1 is 1.08 bits per heavy atom. The Bertz CT molecular complexity index is 986. The van der Waals surface area contributed by atoms with Crippen molar-refractivity contribution in [1.29, 1.82) is 0 Å². The number of amides is 1. The molecule has 0 radical (unpaired) electrons. The maximum absolute atomic E-state index is 13.6. The highest BCUT2D eigenvalue weighted by Gasteiger charge is 2.40. The van der Waals surface area contributed by atoms with Crippen LogP contribution >= 0.6 is 0 Å². The van der Waals surface area contributed by atoms with Gasteiger partial charge in [0.2, 0.25) is 11.7 Å². The summed E-state index contributed by atoms with van der Waals surface area (Å²) in [6.45, 7) is 1.11. The van der Waals surface area contributed by atoms with Crippen LogP contribution in [0.25, 0.3) is 11.0 Å². The van der Waals surface area contributed by atoms with E-state index < -0.39 is 23.7 Å². The molecule has 3 rings (SSSR count). The summed E-state index contributed by atoms with van der Waals surface area (Å²) >= 11 is 0. The minimum absolute atomic E-state index is 0.00233. The van der Waals surface area contributed by atoms with Crippen molar-refractivity contribution in [3.63, 3.8) is 0 Å². The number of rotatable bonds is 2. The lowest BCUT2D eigenvalue weighted by molar-refractivity contribution is -0.152. The Kier molecular flexibility index (Phi) is 4.16. The third-order valence-electron chi connectivity index (χ3n) is 3.46. The van der Waals surface area contributed by atoms with Crippen LogP contribution in [0.2, 0.25) is 0 Å². The van der Waals surface area contributed by atoms with Gasteiger partial charge in [0.15, 0.2) is 0 Å². The largest absolute Gasteiger partial charge is 0.451 e. The number of carbonyl (C=O) groups is 1. The van der Waals surface area contributed by atoms with Gasteiger partial charge in [-0.25, -0.2) is 9.38 Å². The van der Waals surface area contributed by atoms with Gasteiger partial charge < -0.3 is 4.42 Å². The molecule has 0 aliphatic rings. The average Bonchev–Trinajstić information content (AvgIpc) is 2.92. The number of hydrogen-bond acceptors (Lipinski definition) is 2. The Balaban J connectivity index is 2.39. The minimum atomic E-state index is -4.81. The molecule has 3 aromatic rings. The van der Waals surface area contributed by atoms with E-state index in [0.717, 1.165) is 19.1 Å². The number of fused-ring (bicyclic) bond motifs is 1. The fourth-order valence-electron chi connectivity index (χ4n) is 2.54. The van der Waals surface area contributed by atoms with Crippen LogP contribution in [-0.2, 0) is 11.0 Å². The normalized spacial score (nSPS) is 12.6. The number of halogens is 4. The van der Waals surface area contributed by atoms with E-state index in [2.05, 4.69) is 4.99 Å². The van der Waals surface area contributed by atoms with Crippen molar-refractivity contribution in [2.75, 3.05) is 0 Å². The van der Waals surface area contributed by atoms with Crippen molar-refractivity contribution >= 4 is 22.6 Å². The van der Waals surface area contributed by atoms with Crippen molar-refractivity contribution in [2.45, 2.75) is 13.1 Å². The highest BCUT2D eigenvalue weighted by Crippen LogP contribution is 2.39. The summed E-state index contributed by atoms with van der Waals surface area (Å²) < 4.78 is 59.0. The van der Waals surface area contributed by atoms with Crippen molar-refractivity contribution < 1.29 is 26.8 Å². The van der Waals surface area contributed by atoms with Gasteiger partial charge >= 0.3 is 6.18 Å². The van der Waals surface area contributed by atoms with Crippen LogP contribution in [0.1, 0.15) is 23.8 Å². The van der Waals surface area contributed by atoms with Gasteiger partial charge in [0, 0.05) is 17.9 Å². The van der Waals surface area contributed by atoms with Crippen molar-refractivity contribution in [2.24, 2.45) is 4.99 Å². The number of para-hydroxylation sites is 1. The van der Waals surface area contributed by atoms with Crippen molar-refractivity contribution in [1.82, 2.24) is 0 Å². The first kappa shape index (κ1) is 16.9. The molecule has 0 spiro atoms. The van der Waals surface area contributed by atoms with E-state index in [-0.39, 0.29) is 27.8 Å². The van der Waals surface area contributed by atoms with E-state index >= 15 is 0 Å². The molecule has 1 heterocycles. The molecule has 7 heteroatoms. The zero-order valence-electron chi connectivity index (χ0n) is 12.9. The first-order chi connectivity index (χ1) is 11.8. The molecule has 0 bridgehead atoms. The molecule has 25 heavy (non-hydrogen) atoms. The lowest BCUT2D eigenvalue weighted by Crippen LogP contribution is -2.14. The molecule has 1 amide bonds. The lowest BCUT2D eigenvalue weighted by atomic mass is 9.98. The highest BCUT2D eigenvalue weighted by molar-refractivity contribution is 6.22. The van der Waals surface area contributed by atoms with Crippen LogP contribution in [0.4, 0.5) is 17.6 Å². The molecule has 0 unspecified atom stereocenters. The van der Waals surface area contributed by atoms with Crippen molar-refractivity contribution in [3.8, 4) is 0 Å². The van der Waals surface area contributed by atoms with E-state index in [0.29, 0.717) is 0 Å². The first-order valence-electron chi connectivity index (χ1n) is 7.21. The predicted octanol–water partition coefficient (Wildman–Crippen LogP) is 4.97. The molecule has 0 atom stereocenters. The number of carbonyl (C=O) groups excluding carboxylic acids is 1. The fraction of sp³-hybridized carbons (Fsp3) is 0.111. The molecule has 128 valence electrons. The van der Waals surface area contributed by atoms with Gasteiger partial charge in [-0.2, -0.15) is 13.2 Å². The smallest absolute Gasteiger partial charge is 0.450 e. The molecule has 0 fully saturated rings. The lowest BCUT2D eigenvalue weighted by Gasteiger charge is -2.10. The van der Waals surface area contributed by atoms with E-state index in [1.54, 1.807) is 6.07 Å². The van der Waals surface area contributed by atoms with Gasteiger partial charge in [-0.3, -0.25) is 4.79 Å². The van der Waals surface area contributed by atoms with E-state index in [1.165, 1.54) is 30.3 Å². The molecule has 3 nitrogen and oxygen atoms in total. The van der Waals surface area contributed by atoms with Crippen LogP contribution in [0.15, 0.2) is 57.9 Å². The summed E-state index contributed by atoms with van der Waals surface area (Å²) in [4.78, 5) is 15.2. The maximum Gasteiger partial charge on any atom is 0.450 e. The highest BCUT2D eigenvalue weighted by atomic mass is 19.4. The summed E-state index contributed by atoms with van der Waals surface area (Å²) in [5, 5.41) is 0.138. The van der Waals surface area contributed by atoms with Gasteiger partial charge in [0.25, 0.3) is 0 Å². The summed E-state index contributed by atoms with van der Waals surface area (Å²) in [7, 11) is 0. The Morgan fingerprint density at radius 2 is 1.80 bits per heavy atom. The van der Waals surface area contributed by atoms with Crippen molar-refractivity contribution in [3.05, 3.63) is 71.2 Å². The van der Waals surface area contributed by atoms with Crippen LogP contribution in [-0.4, -0.2) is 11.6 Å². The molecule has 0 N–H and O–H groups in total. The van der Waals surface area contributed by atoms with Gasteiger partial charge in [-0.05, 0) is 18.2 Å². The SMILES string of the molecule is CC(=O)N=C(c1cccc(F)c1)c1c(C(F)(F)F)oc2ccccc12. The van der Waals surface area contributed by atoms with E-state index in [4.69, 9.17) is 4.42 Å². The third-order valence-corrected chi connectivity index (χ3v) is 3.46. The summed E-state index contributed by atoms with van der Waals surface area (Å²) in [5.74, 6) is -2.65. The summed E-state index contributed by atoms with van der Waals surface area (Å²) in [5.41, 5.74) is -0.627. The molecular weight excluding hydrogens is 338 g/mol. The van der Waals surface area contributed by atoms with Gasteiger partial charge in [-0.1, -0.05) is 30.3 Å². The second kappa shape index (κ2) is 6.16. The van der Waals surface area contributed by atoms with Gasteiger partial charge in [0.1, 0.15) is 11.4 Å². The Hall–Kier alpha value is -2.96. The zero-order valence-corrected chi connectivity index (χ0v) is 12.9. The summed E-state index contributed by atoms with van der Waals surface area (Å²) in [6.07, 6.45) is -4.81. The molecular formula is C18H11F4NO2. The standard InChI is InChI=1S/C18H11F4NO2/c1-10(24)23-16(11-5-4-6-12(19)9-11)15-13-7-2-3-8-14(13)25-17(15)18(20,21)22/h2-9H,1H3. The number of hydrogen-bond donors (Lipinski definition) is 0. The monoisotopic (exact) mass is 349 g/mol. The Labute approximate surface area is 139 Å². The Morgan fingerprint density at radius 3 is 2.44 bits per heavy atom. The average molecular weight is 349 g/mol. The van der Waals surface area contributed by atoms with Crippen LogP contribution in [0.3, 0.4) is 0 Å². The molecule has 0 aliphatic carbocycles. The second-order valence-electron chi connectivity index (χ2n) is 5.29. The van der Waals surface area contributed by atoms with E-state index in [1.807, 2.05) is 0 Å². The zero-order chi connectivity index (χ0) is 18.2. The fourth-order valence-corrected chi connectivity index (χ4v) is 2.54.